The van der Waals surface area contributed by atoms with E-state index in [9.17, 15) is 0 Å². The lowest BCUT2D eigenvalue weighted by Crippen LogP contribution is -2.34. The van der Waals surface area contributed by atoms with Crippen LogP contribution in [-0.2, 0) is 6.54 Å². The Labute approximate surface area is 179 Å². The predicted octanol–water partition coefficient (Wildman–Crippen LogP) is 3.67. The van der Waals surface area contributed by atoms with Crippen molar-refractivity contribution in [3.63, 3.8) is 0 Å². The minimum atomic E-state index is 0.586. The normalized spacial score (nSPS) is 21.7. The first-order chi connectivity index (χ1) is 14.7. The summed E-state index contributed by atoms with van der Waals surface area (Å²) in [6.07, 6.45) is 13.2. The minimum absolute atomic E-state index is 0.586. The van der Waals surface area contributed by atoms with Crippen LogP contribution >= 0.6 is 0 Å². The third kappa shape index (κ3) is 5.18. The van der Waals surface area contributed by atoms with E-state index >= 15 is 0 Å². The molecule has 1 unspecified atom stereocenters. The van der Waals surface area contributed by atoms with Gasteiger partial charge in [-0.15, -0.1) is 0 Å². The molecular weight excluding hydrogens is 372 g/mol. The van der Waals surface area contributed by atoms with Crippen LogP contribution in [0.15, 0.2) is 42.7 Å². The molecule has 160 valence electrons. The first kappa shape index (κ1) is 20.8. The molecule has 3 heterocycles. The van der Waals surface area contributed by atoms with Gasteiger partial charge in [0.2, 0.25) is 0 Å². The highest BCUT2D eigenvalue weighted by molar-refractivity contribution is 5.67. The van der Waals surface area contributed by atoms with Crippen molar-refractivity contribution >= 4 is 16.9 Å². The van der Waals surface area contributed by atoms with Crippen LogP contribution in [0.5, 0.6) is 0 Å². The van der Waals surface area contributed by atoms with E-state index in [4.69, 9.17) is 11.5 Å². The summed E-state index contributed by atoms with van der Waals surface area (Å²) in [5.74, 6) is 0.589. The fourth-order valence-corrected chi connectivity index (χ4v) is 4.81. The summed E-state index contributed by atoms with van der Waals surface area (Å²) in [4.78, 5) is 11.8. The van der Waals surface area contributed by atoms with Crippen LogP contribution in [0.25, 0.3) is 5.57 Å². The van der Waals surface area contributed by atoms with E-state index in [1.807, 2.05) is 24.5 Å². The summed E-state index contributed by atoms with van der Waals surface area (Å²) in [7, 11) is 0. The molecule has 1 saturated heterocycles. The van der Waals surface area contributed by atoms with E-state index in [0.717, 1.165) is 68.2 Å². The van der Waals surface area contributed by atoms with Crippen molar-refractivity contribution in [2.45, 2.75) is 51.1 Å². The van der Waals surface area contributed by atoms with Crippen LogP contribution in [0.2, 0.25) is 0 Å². The molecule has 2 atom stereocenters. The molecule has 6 nitrogen and oxygen atoms in total. The Morgan fingerprint density at radius 3 is 2.87 bits per heavy atom. The molecule has 6 heteroatoms. The maximum absolute atomic E-state index is 5.94. The van der Waals surface area contributed by atoms with Gasteiger partial charge >= 0.3 is 0 Å². The van der Waals surface area contributed by atoms with Gasteiger partial charge in [0.25, 0.3) is 0 Å². The summed E-state index contributed by atoms with van der Waals surface area (Å²) in [5.41, 5.74) is 17.0. The van der Waals surface area contributed by atoms with Crippen LogP contribution in [0, 0.1) is 5.92 Å². The van der Waals surface area contributed by atoms with Crippen molar-refractivity contribution in [3.05, 3.63) is 54.1 Å². The summed E-state index contributed by atoms with van der Waals surface area (Å²) in [6, 6.07) is 8.69. The number of unbranched alkanes of at least 4 members (excludes halogenated alkanes) is 1. The van der Waals surface area contributed by atoms with Crippen molar-refractivity contribution < 1.29 is 0 Å². The second kappa shape index (κ2) is 10.0. The Morgan fingerprint density at radius 1 is 1.10 bits per heavy atom. The smallest absolute Gasteiger partial charge is 0.0679 e. The van der Waals surface area contributed by atoms with Gasteiger partial charge in [0.05, 0.1) is 11.4 Å². The topological polar surface area (TPSA) is 93.1 Å². The number of nitrogens with two attached hydrogens (primary N) is 2. The number of likely N-dealkylation sites (tertiary alicyclic amines) is 1. The number of hydrogen-bond donors (Lipinski definition) is 3. The van der Waals surface area contributed by atoms with Gasteiger partial charge in [0.1, 0.15) is 0 Å². The molecule has 2 aromatic heterocycles. The van der Waals surface area contributed by atoms with Crippen molar-refractivity contribution in [1.29, 1.82) is 0 Å². The number of anilines is 2. The number of pyridine rings is 2. The molecule has 0 bridgehead atoms. The number of allylic oxidation sites excluding steroid dienone is 1. The summed E-state index contributed by atoms with van der Waals surface area (Å²) in [5, 5.41) is 3.50. The summed E-state index contributed by atoms with van der Waals surface area (Å²) >= 11 is 0. The number of nitrogen functional groups attached to an aromatic ring is 1. The molecule has 5 N–H and O–H groups in total. The monoisotopic (exact) mass is 406 g/mol. The molecular formula is C24H34N6. The standard InChI is InChI=1S/C24H34N6/c25-9-1-2-10-27-21-8-12-29-23(16-21)18-5-6-19(14-18)24-4-3-13-30(24)17-22-15-20(26)7-11-28-22/h7-8,11-12,14-16,19,24H,1-6,9-10,13,17,25H2,(H2,26,28)(H,27,29)/t19-,24?/m1/s1. The molecule has 0 radical (unpaired) electrons. The molecule has 2 aromatic rings. The van der Waals surface area contributed by atoms with Crippen molar-refractivity contribution in [1.82, 2.24) is 14.9 Å². The van der Waals surface area contributed by atoms with Crippen molar-refractivity contribution in [3.8, 4) is 0 Å². The quantitative estimate of drug-likeness (QED) is 0.550. The van der Waals surface area contributed by atoms with Crippen molar-refractivity contribution in [2.75, 3.05) is 30.7 Å². The van der Waals surface area contributed by atoms with Gasteiger partial charge < -0.3 is 16.8 Å². The number of hydrogen-bond acceptors (Lipinski definition) is 6. The molecule has 0 aromatic carbocycles. The molecule has 0 amide bonds. The minimum Gasteiger partial charge on any atom is -0.399 e. The van der Waals surface area contributed by atoms with Crippen LogP contribution in [0.1, 0.15) is 49.9 Å². The number of aromatic nitrogens is 2. The number of nitrogens with one attached hydrogen (secondary N) is 1. The molecule has 2 aliphatic rings. The van der Waals surface area contributed by atoms with Gasteiger partial charge in [-0.3, -0.25) is 14.9 Å². The highest BCUT2D eigenvalue weighted by atomic mass is 15.2. The van der Waals surface area contributed by atoms with Crippen LogP contribution < -0.4 is 16.8 Å². The number of nitrogens with zero attached hydrogens (tertiary/aromatic N) is 3. The van der Waals surface area contributed by atoms with Crippen LogP contribution in [-0.4, -0.2) is 40.5 Å². The van der Waals surface area contributed by atoms with E-state index in [1.165, 1.54) is 24.8 Å². The van der Waals surface area contributed by atoms with Crippen LogP contribution in [0.4, 0.5) is 11.4 Å². The second-order valence-electron chi connectivity index (χ2n) is 8.51. The predicted molar refractivity (Wildman–Crippen MR) is 124 cm³/mol. The Balaban J connectivity index is 1.40. The number of rotatable bonds is 9. The second-order valence-corrected chi connectivity index (χ2v) is 8.51. The van der Waals surface area contributed by atoms with E-state index in [1.54, 1.807) is 0 Å². The maximum Gasteiger partial charge on any atom is 0.0679 e. The zero-order valence-electron chi connectivity index (χ0n) is 17.8. The SMILES string of the molecule is NCCCCNc1ccnc(C2=C[C@H](C3CCCN3Cc3cc(N)ccn3)CC2)c1. The van der Waals surface area contributed by atoms with Crippen molar-refractivity contribution in [2.24, 2.45) is 11.7 Å². The molecule has 0 saturated carbocycles. The first-order valence-corrected chi connectivity index (χ1v) is 11.3. The third-order valence-corrected chi connectivity index (χ3v) is 6.33. The molecule has 1 aliphatic heterocycles. The molecule has 4 rings (SSSR count). The summed E-state index contributed by atoms with van der Waals surface area (Å²) < 4.78 is 0. The lowest BCUT2D eigenvalue weighted by Gasteiger charge is -2.28. The van der Waals surface area contributed by atoms with Gasteiger partial charge in [0, 0.05) is 42.9 Å². The Morgan fingerprint density at radius 2 is 2.00 bits per heavy atom. The fourth-order valence-electron chi connectivity index (χ4n) is 4.81. The molecule has 1 fully saturated rings. The fraction of sp³-hybridized carbons (Fsp3) is 0.500. The lowest BCUT2D eigenvalue weighted by molar-refractivity contribution is 0.200. The highest BCUT2D eigenvalue weighted by Gasteiger charge is 2.33. The van der Waals surface area contributed by atoms with E-state index in [0.29, 0.717) is 12.0 Å². The third-order valence-electron chi connectivity index (χ3n) is 6.33. The van der Waals surface area contributed by atoms with Gasteiger partial charge in [-0.2, -0.15) is 0 Å². The maximum atomic E-state index is 5.94. The summed E-state index contributed by atoms with van der Waals surface area (Å²) in [6.45, 7) is 3.73. The lowest BCUT2D eigenvalue weighted by atomic mass is 9.97. The largest absolute Gasteiger partial charge is 0.399 e. The zero-order valence-corrected chi connectivity index (χ0v) is 17.8. The zero-order chi connectivity index (χ0) is 20.8. The van der Waals surface area contributed by atoms with E-state index in [-0.39, 0.29) is 0 Å². The van der Waals surface area contributed by atoms with Gasteiger partial charge in [-0.25, -0.2) is 0 Å². The first-order valence-electron chi connectivity index (χ1n) is 11.3. The average molecular weight is 407 g/mol. The Hall–Kier alpha value is -2.44. The Bertz CT molecular complexity index is 864. The Kier molecular flexibility index (Phi) is 6.97. The van der Waals surface area contributed by atoms with Crippen LogP contribution in [0.3, 0.4) is 0 Å². The highest BCUT2D eigenvalue weighted by Crippen LogP contribution is 2.38. The molecule has 30 heavy (non-hydrogen) atoms. The van der Waals surface area contributed by atoms with E-state index in [2.05, 4.69) is 38.4 Å². The molecule has 1 aliphatic carbocycles. The van der Waals surface area contributed by atoms with E-state index < -0.39 is 0 Å². The molecule has 0 spiro atoms. The van der Waals surface area contributed by atoms with Gasteiger partial charge in [-0.05, 0) is 87.4 Å². The average Bonchev–Trinajstić information content (AvgIpc) is 3.41. The van der Waals surface area contributed by atoms with Gasteiger partial charge in [-0.1, -0.05) is 6.08 Å². The van der Waals surface area contributed by atoms with Gasteiger partial charge in [0.15, 0.2) is 0 Å².